The van der Waals surface area contributed by atoms with Crippen molar-refractivity contribution in [2.75, 3.05) is 13.2 Å². The normalized spacial score (nSPS) is 12.6. The summed E-state index contributed by atoms with van der Waals surface area (Å²) in [6, 6.07) is 3.13. The first-order chi connectivity index (χ1) is 7.63. The molecule has 0 radical (unpaired) electrons. The molecule has 0 bridgehead atoms. The highest BCUT2D eigenvalue weighted by Gasteiger charge is 2.12. The highest BCUT2D eigenvalue weighted by molar-refractivity contribution is 5.17. The van der Waals surface area contributed by atoms with Crippen LogP contribution in [0, 0.1) is 10.1 Å². The van der Waals surface area contributed by atoms with Crippen molar-refractivity contribution in [3.8, 4) is 0 Å². The van der Waals surface area contributed by atoms with Crippen LogP contribution in [0.3, 0.4) is 0 Å². The molecule has 0 fully saturated rings. The van der Waals surface area contributed by atoms with Gasteiger partial charge in [-0.1, -0.05) is 0 Å². The van der Waals surface area contributed by atoms with Gasteiger partial charge >= 0.3 is 5.88 Å². The molecular formula is C10H16N2O4. The molecule has 1 heterocycles. The van der Waals surface area contributed by atoms with E-state index in [1.54, 1.807) is 6.07 Å². The first kappa shape index (κ1) is 12.7. The second-order valence-corrected chi connectivity index (χ2v) is 3.44. The standard InChI is InChI=1S/C10H16N2O4/c1-3-15-7-8(2)11-6-9-4-5-10(16-9)12(13)14/h4-5,8,11H,3,6-7H2,1-2H3. The zero-order valence-electron chi connectivity index (χ0n) is 9.43. The van der Waals surface area contributed by atoms with Crippen molar-refractivity contribution < 1.29 is 14.1 Å². The third-order valence-electron chi connectivity index (χ3n) is 2.02. The molecule has 0 aliphatic heterocycles. The first-order valence-electron chi connectivity index (χ1n) is 5.17. The van der Waals surface area contributed by atoms with E-state index < -0.39 is 4.92 Å². The molecule has 0 amide bonds. The number of ether oxygens (including phenoxy) is 1. The van der Waals surface area contributed by atoms with E-state index in [1.807, 2.05) is 13.8 Å². The topological polar surface area (TPSA) is 77.5 Å². The Labute approximate surface area is 93.7 Å². The molecule has 1 unspecified atom stereocenters. The molecule has 0 saturated heterocycles. The summed E-state index contributed by atoms with van der Waals surface area (Å²) in [5.74, 6) is 0.323. The van der Waals surface area contributed by atoms with E-state index in [0.29, 0.717) is 25.5 Å². The maximum Gasteiger partial charge on any atom is 0.433 e. The van der Waals surface area contributed by atoms with Crippen molar-refractivity contribution in [1.29, 1.82) is 0 Å². The van der Waals surface area contributed by atoms with Gasteiger partial charge in [-0.05, 0) is 19.9 Å². The summed E-state index contributed by atoms with van der Waals surface area (Å²) in [6.07, 6.45) is 0. The molecule has 0 spiro atoms. The summed E-state index contributed by atoms with van der Waals surface area (Å²) in [5.41, 5.74) is 0. The minimum Gasteiger partial charge on any atom is -0.404 e. The Morgan fingerprint density at radius 2 is 2.38 bits per heavy atom. The van der Waals surface area contributed by atoms with E-state index in [2.05, 4.69) is 5.32 Å². The van der Waals surface area contributed by atoms with E-state index in [4.69, 9.17) is 9.15 Å². The Hall–Kier alpha value is -1.40. The predicted molar refractivity (Wildman–Crippen MR) is 58.2 cm³/mol. The van der Waals surface area contributed by atoms with Crippen molar-refractivity contribution in [3.05, 3.63) is 28.0 Å². The van der Waals surface area contributed by atoms with Gasteiger partial charge in [0.15, 0.2) is 0 Å². The van der Waals surface area contributed by atoms with Gasteiger partial charge in [0.25, 0.3) is 0 Å². The van der Waals surface area contributed by atoms with E-state index in [9.17, 15) is 10.1 Å². The second-order valence-electron chi connectivity index (χ2n) is 3.44. The number of hydrogen-bond acceptors (Lipinski definition) is 5. The Bertz CT molecular complexity index is 337. The molecule has 1 rings (SSSR count). The Balaban J connectivity index is 2.33. The summed E-state index contributed by atoms with van der Waals surface area (Å²) >= 11 is 0. The molecule has 0 aromatic carbocycles. The molecule has 6 heteroatoms. The van der Waals surface area contributed by atoms with E-state index in [0.717, 1.165) is 0 Å². The third-order valence-corrected chi connectivity index (χ3v) is 2.02. The number of hydrogen-bond donors (Lipinski definition) is 1. The lowest BCUT2D eigenvalue weighted by molar-refractivity contribution is -0.402. The molecule has 0 aliphatic carbocycles. The average molecular weight is 228 g/mol. The number of rotatable bonds is 7. The molecule has 0 aliphatic rings. The highest BCUT2D eigenvalue weighted by Crippen LogP contribution is 2.15. The zero-order valence-corrected chi connectivity index (χ0v) is 9.43. The van der Waals surface area contributed by atoms with Crippen LogP contribution < -0.4 is 5.32 Å². The lowest BCUT2D eigenvalue weighted by atomic mass is 10.3. The van der Waals surface area contributed by atoms with Crippen LogP contribution in [-0.2, 0) is 11.3 Å². The molecular weight excluding hydrogens is 212 g/mol. The van der Waals surface area contributed by atoms with Crippen LogP contribution in [0.25, 0.3) is 0 Å². The summed E-state index contributed by atoms with van der Waals surface area (Å²) in [6.45, 7) is 5.66. The maximum atomic E-state index is 10.4. The molecule has 1 aromatic rings. The van der Waals surface area contributed by atoms with E-state index >= 15 is 0 Å². The van der Waals surface area contributed by atoms with Gasteiger partial charge in [0.2, 0.25) is 0 Å². The minimum atomic E-state index is -0.548. The second kappa shape index (κ2) is 6.24. The van der Waals surface area contributed by atoms with Gasteiger partial charge in [-0.3, -0.25) is 10.1 Å². The van der Waals surface area contributed by atoms with Crippen LogP contribution in [-0.4, -0.2) is 24.2 Å². The van der Waals surface area contributed by atoms with Gasteiger partial charge in [-0.2, -0.15) is 0 Å². The van der Waals surface area contributed by atoms with Crippen molar-refractivity contribution in [1.82, 2.24) is 5.32 Å². The van der Waals surface area contributed by atoms with Crippen molar-refractivity contribution in [2.45, 2.75) is 26.4 Å². The van der Waals surface area contributed by atoms with Gasteiger partial charge in [-0.25, -0.2) is 0 Å². The predicted octanol–water partition coefficient (Wildman–Crippen LogP) is 1.70. The Kier molecular flexibility index (Phi) is 4.94. The number of nitro groups is 1. The maximum absolute atomic E-state index is 10.4. The summed E-state index contributed by atoms with van der Waals surface area (Å²) in [4.78, 5) is 9.82. The quantitative estimate of drug-likeness (QED) is 0.567. The fourth-order valence-corrected chi connectivity index (χ4v) is 1.19. The Morgan fingerprint density at radius 3 is 2.94 bits per heavy atom. The first-order valence-corrected chi connectivity index (χ1v) is 5.17. The molecule has 1 N–H and O–H groups in total. The Morgan fingerprint density at radius 1 is 1.62 bits per heavy atom. The molecule has 1 atom stereocenters. The summed E-state index contributed by atoms with van der Waals surface area (Å²) in [5, 5.41) is 13.5. The smallest absolute Gasteiger partial charge is 0.404 e. The lowest BCUT2D eigenvalue weighted by Crippen LogP contribution is -2.29. The molecule has 6 nitrogen and oxygen atoms in total. The van der Waals surface area contributed by atoms with Crippen LogP contribution in [0.4, 0.5) is 5.88 Å². The average Bonchev–Trinajstić information content (AvgIpc) is 2.72. The number of nitrogens with zero attached hydrogens (tertiary/aromatic N) is 1. The van der Waals surface area contributed by atoms with Crippen molar-refractivity contribution >= 4 is 5.88 Å². The van der Waals surface area contributed by atoms with Crippen molar-refractivity contribution in [3.63, 3.8) is 0 Å². The monoisotopic (exact) mass is 228 g/mol. The van der Waals surface area contributed by atoms with Gasteiger partial charge in [0.05, 0.1) is 19.2 Å². The molecule has 0 saturated carbocycles. The van der Waals surface area contributed by atoms with Gasteiger partial charge in [0, 0.05) is 12.6 Å². The van der Waals surface area contributed by atoms with Crippen LogP contribution in [0.2, 0.25) is 0 Å². The number of furan rings is 1. The third kappa shape index (κ3) is 4.00. The van der Waals surface area contributed by atoms with Crippen LogP contribution in [0.15, 0.2) is 16.5 Å². The summed E-state index contributed by atoms with van der Waals surface area (Å²) < 4.78 is 10.2. The van der Waals surface area contributed by atoms with Gasteiger partial charge in [0.1, 0.15) is 10.7 Å². The summed E-state index contributed by atoms with van der Waals surface area (Å²) in [7, 11) is 0. The lowest BCUT2D eigenvalue weighted by Gasteiger charge is -2.11. The van der Waals surface area contributed by atoms with Crippen LogP contribution >= 0.6 is 0 Å². The van der Waals surface area contributed by atoms with Crippen LogP contribution in [0.5, 0.6) is 0 Å². The zero-order chi connectivity index (χ0) is 12.0. The van der Waals surface area contributed by atoms with E-state index in [1.165, 1.54) is 6.07 Å². The fraction of sp³-hybridized carbons (Fsp3) is 0.600. The van der Waals surface area contributed by atoms with E-state index in [-0.39, 0.29) is 11.9 Å². The van der Waals surface area contributed by atoms with Gasteiger partial charge < -0.3 is 14.5 Å². The largest absolute Gasteiger partial charge is 0.433 e. The highest BCUT2D eigenvalue weighted by atomic mass is 16.6. The number of nitrogens with one attached hydrogen (secondary N) is 1. The molecule has 1 aromatic heterocycles. The molecule has 16 heavy (non-hydrogen) atoms. The minimum absolute atomic E-state index is 0.184. The van der Waals surface area contributed by atoms with Crippen molar-refractivity contribution in [2.24, 2.45) is 0 Å². The molecule has 90 valence electrons. The SMILES string of the molecule is CCOCC(C)NCc1ccc([N+](=O)[O-])o1. The fourth-order valence-electron chi connectivity index (χ4n) is 1.19. The van der Waals surface area contributed by atoms with Gasteiger partial charge in [-0.15, -0.1) is 0 Å². The van der Waals surface area contributed by atoms with Crippen LogP contribution in [0.1, 0.15) is 19.6 Å².